The second kappa shape index (κ2) is 6.86. The molecule has 0 amide bonds. The van der Waals surface area contributed by atoms with Crippen LogP contribution in [0, 0.1) is 5.92 Å². The second-order valence-electron chi connectivity index (χ2n) is 5.92. The molecular formula is C16H22ClNO3. The topological polar surface area (TPSA) is 50.7 Å². The Bertz CT molecular complexity index is 495. The summed E-state index contributed by atoms with van der Waals surface area (Å²) in [5.41, 5.74) is 1.10. The second-order valence-corrected chi connectivity index (χ2v) is 6.33. The summed E-state index contributed by atoms with van der Waals surface area (Å²) in [4.78, 5) is 0. The quantitative estimate of drug-likeness (QED) is 0.898. The SMILES string of the molecule is OC1CCC(CNCc2cc(Cl)c3c(c2)OCCCO3)C1. The molecule has 2 unspecified atom stereocenters. The van der Waals surface area contributed by atoms with Crippen molar-refractivity contribution in [2.75, 3.05) is 19.8 Å². The Morgan fingerprint density at radius 1 is 1.24 bits per heavy atom. The predicted octanol–water partition coefficient (Wildman–Crippen LogP) is 2.75. The molecule has 0 saturated heterocycles. The summed E-state index contributed by atoms with van der Waals surface area (Å²) in [5.74, 6) is 1.99. The van der Waals surface area contributed by atoms with Crippen LogP contribution < -0.4 is 14.8 Å². The van der Waals surface area contributed by atoms with Crippen LogP contribution in [0.3, 0.4) is 0 Å². The lowest BCUT2D eigenvalue weighted by molar-refractivity contribution is 0.177. The third-order valence-corrected chi connectivity index (χ3v) is 4.42. The first-order chi connectivity index (χ1) is 10.2. The van der Waals surface area contributed by atoms with Gasteiger partial charge < -0.3 is 19.9 Å². The average molecular weight is 312 g/mol. The maximum Gasteiger partial charge on any atom is 0.179 e. The van der Waals surface area contributed by atoms with E-state index in [9.17, 15) is 5.11 Å². The van der Waals surface area contributed by atoms with E-state index in [-0.39, 0.29) is 6.10 Å². The van der Waals surface area contributed by atoms with Crippen LogP contribution in [0.4, 0.5) is 0 Å². The highest BCUT2D eigenvalue weighted by Crippen LogP contribution is 2.38. The normalized spacial score (nSPS) is 24.9. The molecule has 21 heavy (non-hydrogen) atoms. The van der Waals surface area contributed by atoms with E-state index in [1.165, 1.54) is 0 Å². The fraction of sp³-hybridized carbons (Fsp3) is 0.625. The van der Waals surface area contributed by atoms with Gasteiger partial charge in [0.25, 0.3) is 0 Å². The van der Waals surface area contributed by atoms with Gasteiger partial charge in [-0.2, -0.15) is 0 Å². The van der Waals surface area contributed by atoms with Crippen molar-refractivity contribution in [3.8, 4) is 11.5 Å². The Morgan fingerprint density at radius 2 is 2.10 bits per heavy atom. The maximum absolute atomic E-state index is 9.54. The van der Waals surface area contributed by atoms with Gasteiger partial charge in [0.1, 0.15) is 0 Å². The number of ether oxygens (including phenoxy) is 2. The highest BCUT2D eigenvalue weighted by atomic mass is 35.5. The molecule has 1 heterocycles. The summed E-state index contributed by atoms with van der Waals surface area (Å²) >= 11 is 6.28. The van der Waals surface area contributed by atoms with Gasteiger partial charge in [-0.1, -0.05) is 11.6 Å². The summed E-state index contributed by atoms with van der Waals surface area (Å²) in [6.45, 7) is 3.00. The molecular weight excluding hydrogens is 290 g/mol. The van der Waals surface area contributed by atoms with E-state index in [0.717, 1.165) is 50.1 Å². The molecule has 1 fully saturated rings. The summed E-state index contributed by atoms with van der Waals surface area (Å²) in [6.07, 6.45) is 3.72. The van der Waals surface area contributed by atoms with Crippen LogP contribution in [0.2, 0.25) is 5.02 Å². The van der Waals surface area contributed by atoms with Crippen molar-refractivity contribution in [3.05, 3.63) is 22.7 Å². The van der Waals surface area contributed by atoms with E-state index in [1.54, 1.807) is 0 Å². The lowest BCUT2D eigenvalue weighted by Gasteiger charge is -2.14. The molecule has 3 rings (SSSR count). The highest BCUT2D eigenvalue weighted by molar-refractivity contribution is 6.32. The third kappa shape index (κ3) is 3.82. The van der Waals surface area contributed by atoms with E-state index < -0.39 is 0 Å². The largest absolute Gasteiger partial charge is 0.489 e. The van der Waals surface area contributed by atoms with Gasteiger partial charge in [-0.3, -0.25) is 0 Å². The van der Waals surface area contributed by atoms with Crippen LogP contribution in [-0.4, -0.2) is 31.0 Å². The molecule has 0 radical (unpaired) electrons. The molecule has 4 nitrogen and oxygen atoms in total. The van der Waals surface area contributed by atoms with Gasteiger partial charge in [-0.15, -0.1) is 0 Å². The Hall–Kier alpha value is -0.970. The van der Waals surface area contributed by atoms with E-state index in [1.807, 2.05) is 12.1 Å². The van der Waals surface area contributed by atoms with Crippen molar-refractivity contribution in [2.24, 2.45) is 5.92 Å². The molecule has 5 heteroatoms. The average Bonchev–Trinajstić information content (AvgIpc) is 2.73. The smallest absolute Gasteiger partial charge is 0.179 e. The summed E-state index contributed by atoms with van der Waals surface area (Å²) in [5, 5.41) is 13.6. The third-order valence-electron chi connectivity index (χ3n) is 4.14. The summed E-state index contributed by atoms with van der Waals surface area (Å²) in [6, 6.07) is 3.94. The van der Waals surface area contributed by atoms with E-state index >= 15 is 0 Å². The van der Waals surface area contributed by atoms with Crippen molar-refractivity contribution < 1.29 is 14.6 Å². The molecule has 1 aliphatic carbocycles. The van der Waals surface area contributed by atoms with Gasteiger partial charge in [0.15, 0.2) is 11.5 Å². The zero-order valence-corrected chi connectivity index (χ0v) is 12.9. The van der Waals surface area contributed by atoms with Crippen LogP contribution >= 0.6 is 11.6 Å². The predicted molar refractivity (Wildman–Crippen MR) is 82.1 cm³/mol. The van der Waals surface area contributed by atoms with E-state index in [2.05, 4.69) is 5.32 Å². The molecule has 2 atom stereocenters. The van der Waals surface area contributed by atoms with Gasteiger partial charge >= 0.3 is 0 Å². The Labute approximate surface area is 130 Å². The fourth-order valence-electron chi connectivity index (χ4n) is 3.04. The number of hydrogen-bond donors (Lipinski definition) is 2. The van der Waals surface area contributed by atoms with Crippen molar-refractivity contribution in [3.63, 3.8) is 0 Å². The first kappa shape index (κ1) is 14.9. The maximum atomic E-state index is 9.54. The zero-order chi connectivity index (χ0) is 14.7. The molecule has 2 N–H and O–H groups in total. The van der Waals surface area contributed by atoms with Gasteiger partial charge in [0.2, 0.25) is 0 Å². The van der Waals surface area contributed by atoms with Crippen LogP contribution in [0.25, 0.3) is 0 Å². The first-order valence-corrected chi connectivity index (χ1v) is 8.07. The van der Waals surface area contributed by atoms with Gasteiger partial charge in [0.05, 0.1) is 24.3 Å². The lowest BCUT2D eigenvalue weighted by Crippen LogP contribution is -2.21. The monoisotopic (exact) mass is 311 g/mol. The van der Waals surface area contributed by atoms with Crippen molar-refractivity contribution in [1.29, 1.82) is 0 Å². The fourth-order valence-corrected chi connectivity index (χ4v) is 3.33. The minimum Gasteiger partial charge on any atom is -0.489 e. The van der Waals surface area contributed by atoms with Crippen molar-refractivity contribution in [2.45, 2.75) is 38.3 Å². The number of hydrogen-bond acceptors (Lipinski definition) is 4. The molecule has 2 aliphatic rings. The minimum atomic E-state index is -0.107. The molecule has 0 aromatic heterocycles. The molecule has 1 aliphatic heterocycles. The van der Waals surface area contributed by atoms with Gasteiger partial charge in [-0.25, -0.2) is 0 Å². The standard InChI is InChI=1S/C16H22ClNO3/c17-14-7-12(8-15-16(14)21-5-1-4-20-15)10-18-9-11-2-3-13(19)6-11/h7-8,11,13,18-19H,1-6,9-10H2. The number of fused-ring (bicyclic) bond motifs is 1. The minimum absolute atomic E-state index is 0.107. The molecule has 116 valence electrons. The number of aliphatic hydroxyl groups excluding tert-OH is 1. The van der Waals surface area contributed by atoms with Crippen LogP contribution in [0.1, 0.15) is 31.2 Å². The number of aliphatic hydroxyl groups is 1. The van der Waals surface area contributed by atoms with E-state index in [0.29, 0.717) is 29.9 Å². The Morgan fingerprint density at radius 3 is 2.90 bits per heavy atom. The van der Waals surface area contributed by atoms with Crippen LogP contribution in [0.15, 0.2) is 12.1 Å². The van der Waals surface area contributed by atoms with Gasteiger partial charge in [-0.05, 0) is 49.4 Å². The highest BCUT2D eigenvalue weighted by Gasteiger charge is 2.22. The van der Waals surface area contributed by atoms with E-state index in [4.69, 9.17) is 21.1 Å². The molecule has 1 aromatic rings. The molecule has 0 spiro atoms. The molecule has 1 saturated carbocycles. The number of nitrogens with one attached hydrogen (secondary N) is 1. The van der Waals surface area contributed by atoms with Crippen molar-refractivity contribution in [1.82, 2.24) is 5.32 Å². The Balaban J connectivity index is 1.58. The molecule has 0 bridgehead atoms. The first-order valence-electron chi connectivity index (χ1n) is 7.69. The number of halogens is 1. The summed E-state index contributed by atoms with van der Waals surface area (Å²) < 4.78 is 11.3. The zero-order valence-electron chi connectivity index (χ0n) is 12.1. The molecule has 1 aromatic carbocycles. The number of rotatable bonds is 4. The number of benzene rings is 1. The Kier molecular flexibility index (Phi) is 4.88. The van der Waals surface area contributed by atoms with Crippen molar-refractivity contribution >= 4 is 11.6 Å². The van der Waals surface area contributed by atoms with Crippen LogP contribution in [0.5, 0.6) is 11.5 Å². The summed E-state index contributed by atoms with van der Waals surface area (Å²) in [7, 11) is 0. The van der Waals surface area contributed by atoms with Crippen LogP contribution in [-0.2, 0) is 6.54 Å². The lowest BCUT2D eigenvalue weighted by atomic mass is 10.1. The van der Waals surface area contributed by atoms with Gasteiger partial charge in [0, 0.05) is 13.0 Å².